The fourth-order valence-corrected chi connectivity index (χ4v) is 2.72. The number of aryl methyl sites for hydroxylation is 1. The molecule has 0 aromatic heterocycles. The SMILES string of the molecule is CNc1cccc(OC)c1COc1ccc(C(N)=CC=NCC(C)(F)F)cc1C. The van der Waals surface area contributed by atoms with Crippen molar-refractivity contribution in [3.8, 4) is 11.5 Å². The highest BCUT2D eigenvalue weighted by Crippen LogP contribution is 2.29. The minimum Gasteiger partial charge on any atom is -0.496 e. The van der Waals surface area contributed by atoms with Gasteiger partial charge in [0.05, 0.1) is 12.7 Å². The van der Waals surface area contributed by atoms with Crippen LogP contribution in [0.1, 0.15) is 23.6 Å². The average Bonchev–Trinajstić information content (AvgIpc) is 2.69. The fraction of sp³-hybridized carbons (Fsp3) is 0.318. The fourth-order valence-electron chi connectivity index (χ4n) is 2.72. The lowest BCUT2D eigenvalue weighted by atomic mass is 10.1. The van der Waals surface area contributed by atoms with Gasteiger partial charge >= 0.3 is 0 Å². The van der Waals surface area contributed by atoms with E-state index in [-0.39, 0.29) is 0 Å². The number of rotatable bonds is 9. The zero-order chi connectivity index (χ0) is 21.4. The van der Waals surface area contributed by atoms with Gasteiger partial charge in [-0.05, 0) is 54.5 Å². The van der Waals surface area contributed by atoms with Crippen LogP contribution in [0, 0.1) is 6.92 Å². The summed E-state index contributed by atoms with van der Waals surface area (Å²) < 4.78 is 36.9. The highest BCUT2D eigenvalue weighted by Gasteiger charge is 2.19. The van der Waals surface area contributed by atoms with Gasteiger partial charge in [-0.25, -0.2) is 8.78 Å². The van der Waals surface area contributed by atoms with Crippen molar-refractivity contribution in [2.75, 3.05) is 26.0 Å². The van der Waals surface area contributed by atoms with Crippen molar-refractivity contribution in [2.24, 2.45) is 10.7 Å². The third kappa shape index (κ3) is 6.48. The van der Waals surface area contributed by atoms with Crippen molar-refractivity contribution < 1.29 is 18.3 Å². The number of alkyl halides is 2. The molecule has 0 fully saturated rings. The lowest BCUT2D eigenvalue weighted by Crippen LogP contribution is -2.13. The molecule has 29 heavy (non-hydrogen) atoms. The van der Waals surface area contributed by atoms with Crippen molar-refractivity contribution in [1.29, 1.82) is 0 Å². The summed E-state index contributed by atoms with van der Waals surface area (Å²) in [6, 6.07) is 11.3. The van der Waals surface area contributed by atoms with Crippen LogP contribution in [0.5, 0.6) is 11.5 Å². The molecule has 0 radical (unpaired) electrons. The Labute approximate surface area is 170 Å². The number of benzene rings is 2. The second-order valence-electron chi connectivity index (χ2n) is 6.69. The molecule has 0 amide bonds. The molecule has 2 rings (SSSR count). The maximum atomic E-state index is 12.8. The van der Waals surface area contributed by atoms with E-state index < -0.39 is 12.5 Å². The number of aliphatic imine (C=N–C) groups is 1. The molecule has 156 valence electrons. The quantitative estimate of drug-likeness (QED) is 0.598. The summed E-state index contributed by atoms with van der Waals surface area (Å²) in [5.41, 5.74) is 9.97. The number of anilines is 1. The van der Waals surface area contributed by atoms with Crippen LogP contribution in [-0.4, -0.2) is 32.8 Å². The van der Waals surface area contributed by atoms with Gasteiger partial charge in [0, 0.05) is 31.6 Å². The molecular formula is C22H27F2N3O2. The first-order valence-corrected chi connectivity index (χ1v) is 9.16. The number of allylic oxidation sites excluding steroid dienone is 1. The molecule has 3 N–H and O–H groups in total. The first-order chi connectivity index (χ1) is 13.7. The molecule has 0 saturated heterocycles. The minimum absolute atomic E-state index is 0.337. The highest BCUT2D eigenvalue weighted by atomic mass is 19.3. The lowest BCUT2D eigenvalue weighted by Gasteiger charge is -2.16. The van der Waals surface area contributed by atoms with Gasteiger partial charge in [-0.3, -0.25) is 4.99 Å². The van der Waals surface area contributed by atoms with Crippen LogP contribution in [0.25, 0.3) is 5.70 Å². The predicted molar refractivity (Wildman–Crippen MR) is 114 cm³/mol. The van der Waals surface area contributed by atoms with E-state index in [1.807, 2.05) is 50.4 Å². The Balaban J connectivity index is 2.11. The summed E-state index contributed by atoms with van der Waals surface area (Å²) in [7, 11) is 3.47. The molecular weight excluding hydrogens is 376 g/mol. The van der Waals surface area contributed by atoms with Gasteiger partial charge in [0.2, 0.25) is 0 Å². The summed E-state index contributed by atoms with van der Waals surface area (Å²) >= 11 is 0. The third-order valence-corrected chi connectivity index (χ3v) is 4.23. The molecule has 0 saturated carbocycles. The normalized spacial score (nSPS) is 12.3. The second kappa shape index (κ2) is 9.91. The number of hydrogen-bond donors (Lipinski definition) is 2. The maximum absolute atomic E-state index is 12.8. The molecule has 0 bridgehead atoms. The zero-order valence-electron chi connectivity index (χ0n) is 17.1. The standard InChI is InChI=1S/C22H27F2N3O2/c1-15-12-16(18(25)10-11-27-14-22(2,23)24)8-9-20(15)29-13-17-19(26-3)6-5-7-21(17)28-4/h5-12,26H,13-14,25H2,1-4H3. The average molecular weight is 403 g/mol. The van der Waals surface area contributed by atoms with E-state index in [2.05, 4.69) is 10.3 Å². The predicted octanol–water partition coefficient (Wildman–Crippen LogP) is 4.65. The van der Waals surface area contributed by atoms with Gasteiger partial charge in [-0.1, -0.05) is 6.07 Å². The molecule has 7 heteroatoms. The van der Waals surface area contributed by atoms with Crippen LogP contribution in [0.4, 0.5) is 14.5 Å². The van der Waals surface area contributed by atoms with Crippen LogP contribution < -0.4 is 20.5 Å². The zero-order valence-corrected chi connectivity index (χ0v) is 17.1. The van der Waals surface area contributed by atoms with E-state index >= 15 is 0 Å². The molecule has 2 aromatic carbocycles. The Hall–Kier alpha value is -3.09. The molecule has 0 aliphatic heterocycles. The monoisotopic (exact) mass is 403 g/mol. The summed E-state index contributed by atoms with van der Waals surface area (Å²) in [5, 5.41) is 3.14. The number of methoxy groups -OCH3 is 1. The summed E-state index contributed by atoms with van der Waals surface area (Å²) in [4.78, 5) is 3.67. The molecule has 0 aliphatic carbocycles. The van der Waals surface area contributed by atoms with Crippen molar-refractivity contribution in [2.45, 2.75) is 26.4 Å². The number of nitrogens with one attached hydrogen (secondary N) is 1. The Morgan fingerprint density at radius 2 is 2.00 bits per heavy atom. The van der Waals surface area contributed by atoms with Gasteiger partial charge in [0.25, 0.3) is 5.92 Å². The number of halogens is 2. The van der Waals surface area contributed by atoms with Gasteiger partial charge < -0.3 is 20.5 Å². The highest BCUT2D eigenvalue weighted by molar-refractivity contribution is 5.83. The van der Waals surface area contributed by atoms with Crippen molar-refractivity contribution in [3.05, 3.63) is 59.2 Å². The van der Waals surface area contributed by atoms with Crippen molar-refractivity contribution in [1.82, 2.24) is 0 Å². The second-order valence-corrected chi connectivity index (χ2v) is 6.69. The Morgan fingerprint density at radius 1 is 1.24 bits per heavy atom. The Kier molecular flexibility index (Phi) is 7.59. The molecule has 0 spiro atoms. The van der Waals surface area contributed by atoms with Crippen LogP contribution in [0.2, 0.25) is 0 Å². The van der Waals surface area contributed by atoms with Gasteiger partial charge in [-0.2, -0.15) is 0 Å². The summed E-state index contributed by atoms with van der Waals surface area (Å²) in [6.07, 6.45) is 2.81. The molecule has 0 unspecified atom stereocenters. The Bertz CT molecular complexity index is 868. The van der Waals surface area contributed by atoms with Crippen molar-refractivity contribution >= 4 is 17.6 Å². The van der Waals surface area contributed by atoms with Gasteiger partial charge in [-0.15, -0.1) is 0 Å². The van der Waals surface area contributed by atoms with E-state index in [0.717, 1.165) is 35.1 Å². The topological polar surface area (TPSA) is 68.9 Å². The maximum Gasteiger partial charge on any atom is 0.264 e. The van der Waals surface area contributed by atoms with Crippen LogP contribution in [-0.2, 0) is 6.61 Å². The van der Waals surface area contributed by atoms with Gasteiger partial charge in [0.15, 0.2) is 0 Å². The molecule has 0 heterocycles. The lowest BCUT2D eigenvalue weighted by molar-refractivity contribution is 0.0328. The van der Waals surface area contributed by atoms with E-state index in [1.165, 1.54) is 12.3 Å². The number of hydrogen-bond acceptors (Lipinski definition) is 5. The molecule has 0 aliphatic rings. The Morgan fingerprint density at radius 3 is 2.62 bits per heavy atom. The number of nitrogens with two attached hydrogens (primary N) is 1. The minimum atomic E-state index is -2.83. The summed E-state index contributed by atoms with van der Waals surface area (Å²) in [6.45, 7) is 2.51. The van der Waals surface area contributed by atoms with Crippen molar-refractivity contribution in [3.63, 3.8) is 0 Å². The first kappa shape index (κ1) is 22.2. The smallest absolute Gasteiger partial charge is 0.264 e. The van der Waals surface area contributed by atoms with Crippen LogP contribution >= 0.6 is 0 Å². The number of ether oxygens (including phenoxy) is 2. The molecule has 0 atom stereocenters. The van der Waals surface area contributed by atoms with E-state index in [1.54, 1.807) is 7.11 Å². The van der Waals surface area contributed by atoms with E-state index in [0.29, 0.717) is 18.1 Å². The molecule has 5 nitrogen and oxygen atoms in total. The number of nitrogens with zero attached hydrogens (tertiary/aromatic N) is 1. The van der Waals surface area contributed by atoms with Crippen LogP contribution in [0.15, 0.2) is 47.5 Å². The molecule has 2 aromatic rings. The first-order valence-electron chi connectivity index (χ1n) is 9.16. The van der Waals surface area contributed by atoms with Gasteiger partial charge in [0.1, 0.15) is 24.7 Å². The summed E-state index contributed by atoms with van der Waals surface area (Å²) in [5.74, 6) is -1.37. The third-order valence-electron chi connectivity index (χ3n) is 4.23. The van der Waals surface area contributed by atoms with E-state index in [9.17, 15) is 8.78 Å². The van der Waals surface area contributed by atoms with Crippen LogP contribution in [0.3, 0.4) is 0 Å². The van der Waals surface area contributed by atoms with E-state index in [4.69, 9.17) is 15.2 Å². The largest absolute Gasteiger partial charge is 0.496 e.